The Labute approximate surface area is 203 Å². The van der Waals surface area contributed by atoms with E-state index in [1.54, 1.807) is 0 Å². The fourth-order valence-electron chi connectivity index (χ4n) is 4.34. The summed E-state index contributed by atoms with van der Waals surface area (Å²) >= 11 is 0. The van der Waals surface area contributed by atoms with Gasteiger partial charge in [-0.1, -0.05) is 54.6 Å². The Morgan fingerprint density at radius 3 is 1.71 bits per heavy atom. The number of fused-ring (bicyclic) bond motifs is 2. The zero-order chi connectivity index (χ0) is 23.6. The standard InChI is InChI=1S/C30H23N5/c31-21-16-17-25-29(18-21)35(24-14-8-3-9-15-24)30-20-27(33-23-12-6-2-7-13-23)26(19-28(30)34-25)32-22-10-4-1-5-11-22/h1-20H,(H3,31,32,33,34)/p+1. The van der Waals surface area contributed by atoms with Crippen molar-refractivity contribution in [3.05, 3.63) is 121 Å². The minimum Gasteiger partial charge on any atom is -0.399 e. The van der Waals surface area contributed by atoms with Gasteiger partial charge >= 0.3 is 0 Å². The topological polar surface area (TPSA) is 66.8 Å². The molecule has 1 aromatic heterocycles. The predicted molar refractivity (Wildman–Crippen MR) is 145 cm³/mol. The van der Waals surface area contributed by atoms with Crippen LogP contribution in [0, 0.1) is 0 Å². The molecule has 0 radical (unpaired) electrons. The number of para-hydroxylation sites is 3. The summed E-state index contributed by atoms with van der Waals surface area (Å²) in [6, 6.07) is 40.7. The lowest BCUT2D eigenvalue weighted by Crippen LogP contribution is -2.33. The Morgan fingerprint density at radius 1 is 0.543 bits per heavy atom. The highest BCUT2D eigenvalue weighted by Crippen LogP contribution is 2.33. The van der Waals surface area contributed by atoms with Gasteiger partial charge in [0.25, 0.3) is 0 Å². The first-order valence-corrected chi connectivity index (χ1v) is 11.5. The Kier molecular flexibility index (Phi) is 5.20. The third-order valence-corrected chi connectivity index (χ3v) is 5.96. The molecule has 0 unspecified atom stereocenters. The van der Waals surface area contributed by atoms with Gasteiger partial charge in [0.05, 0.1) is 11.4 Å². The van der Waals surface area contributed by atoms with Crippen molar-refractivity contribution in [2.45, 2.75) is 0 Å². The molecular formula is C30H24N5+. The number of benzene rings is 5. The summed E-state index contributed by atoms with van der Waals surface area (Å²) in [5.41, 5.74) is 15.5. The number of rotatable bonds is 5. The first-order chi connectivity index (χ1) is 17.2. The molecule has 0 amide bonds. The zero-order valence-electron chi connectivity index (χ0n) is 19.0. The fourth-order valence-corrected chi connectivity index (χ4v) is 4.34. The molecule has 5 heteroatoms. The number of hydrogen-bond acceptors (Lipinski definition) is 4. The molecule has 6 aromatic rings. The lowest BCUT2D eigenvalue weighted by atomic mass is 10.1. The van der Waals surface area contributed by atoms with Crippen molar-refractivity contribution in [3.63, 3.8) is 0 Å². The molecule has 5 aromatic carbocycles. The van der Waals surface area contributed by atoms with E-state index in [4.69, 9.17) is 10.7 Å². The second-order valence-corrected chi connectivity index (χ2v) is 8.40. The first kappa shape index (κ1) is 20.7. The first-order valence-electron chi connectivity index (χ1n) is 11.5. The SMILES string of the molecule is Nc1ccc2nc3cc(Nc4ccccc4)c(Nc4ccccc4)cc3[n+](-c3ccccc3)c2c1. The summed E-state index contributed by atoms with van der Waals surface area (Å²) in [5.74, 6) is 0. The Balaban J connectivity index is 1.64. The summed E-state index contributed by atoms with van der Waals surface area (Å²) in [5, 5.41) is 7.16. The molecule has 0 saturated heterocycles. The molecule has 35 heavy (non-hydrogen) atoms. The number of nitrogens with one attached hydrogen (secondary N) is 2. The van der Waals surface area contributed by atoms with E-state index in [9.17, 15) is 0 Å². The highest BCUT2D eigenvalue weighted by atomic mass is 15.0. The number of aromatic nitrogens is 2. The molecule has 5 nitrogen and oxygen atoms in total. The van der Waals surface area contributed by atoms with E-state index in [1.165, 1.54) is 0 Å². The summed E-state index contributed by atoms with van der Waals surface area (Å²) < 4.78 is 2.22. The monoisotopic (exact) mass is 454 g/mol. The molecule has 1 heterocycles. The minimum atomic E-state index is 0.702. The molecule has 0 fully saturated rings. The zero-order valence-corrected chi connectivity index (χ0v) is 19.0. The predicted octanol–water partition coefficient (Wildman–Crippen LogP) is 6.73. The molecule has 4 N–H and O–H groups in total. The van der Waals surface area contributed by atoms with Crippen LogP contribution in [0.2, 0.25) is 0 Å². The van der Waals surface area contributed by atoms with E-state index in [2.05, 4.69) is 63.7 Å². The highest BCUT2D eigenvalue weighted by Gasteiger charge is 2.22. The Bertz CT molecular complexity index is 1630. The van der Waals surface area contributed by atoms with Crippen molar-refractivity contribution >= 4 is 50.5 Å². The smallest absolute Gasteiger partial charge is 0.239 e. The van der Waals surface area contributed by atoms with Crippen LogP contribution >= 0.6 is 0 Å². The number of nitrogens with two attached hydrogens (primary N) is 1. The van der Waals surface area contributed by atoms with E-state index in [1.807, 2.05) is 72.8 Å². The van der Waals surface area contributed by atoms with E-state index < -0.39 is 0 Å². The van der Waals surface area contributed by atoms with Gasteiger partial charge in [0.2, 0.25) is 16.7 Å². The van der Waals surface area contributed by atoms with Crippen molar-refractivity contribution < 1.29 is 4.57 Å². The molecule has 0 aliphatic carbocycles. The van der Waals surface area contributed by atoms with Crippen LogP contribution in [-0.4, -0.2) is 4.98 Å². The van der Waals surface area contributed by atoms with Crippen LogP contribution in [-0.2, 0) is 0 Å². The van der Waals surface area contributed by atoms with E-state index in [-0.39, 0.29) is 0 Å². The van der Waals surface area contributed by atoms with E-state index in [0.29, 0.717) is 5.69 Å². The number of nitrogen functional groups attached to an aromatic ring is 1. The summed E-state index contributed by atoms with van der Waals surface area (Å²) in [7, 11) is 0. The molecule has 0 spiro atoms. The van der Waals surface area contributed by atoms with Gasteiger partial charge in [0.1, 0.15) is 11.0 Å². The van der Waals surface area contributed by atoms with Crippen molar-refractivity contribution in [2.24, 2.45) is 0 Å². The van der Waals surface area contributed by atoms with Gasteiger partial charge in [-0.15, -0.1) is 4.57 Å². The van der Waals surface area contributed by atoms with Crippen LogP contribution in [0.5, 0.6) is 0 Å². The normalized spacial score (nSPS) is 11.0. The molecule has 0 saturated carbocycles. The highest BCUT2D eigenvalue weighted by molar-refractivity contribution is 5.92. The molecular weight excluding hydrogens is 430 g/mol. The third-order valence-electron chi connectivity index (χ3n) is 5.96. The van der Waals surface area contributed by atoms with Crippen LogP contribution in [0.3, 0.4) is 0 Å². The van der Waals surface area contributed by atoms with Gasteiger partial charge < -0.3 is 16.4 Å². The van der Waals surface area contributed by atoms with E-state index in [0.717, 1.165) is 50.5 Å². The molecule has 0 bridgehead atoms. The average molecular weight is 455 g/mol. The van der Waals surface area contributed by atoms with Gasteiger partial charge in [-0.2, -0.15) is 0 Å². The largest absolute Gasteiger partial charge is 0.399 e. The lowest BCUT2D eigenvalue weighted by molar-refractivity contribution is -0.538. The average Bonchev–Trinajstić information content (AvgIpc) is 2.90. The van der Waals surface area contributed by atoms with Gasteiger partial charge in [0.15, 0.2) is 0 Å². The summed E-state index contributed by atoms with van der Waals surface area (Å²) in [6.45, 7) is 0. The quantitative estimate of drug-likeness (QED) is 0.153. The van der Waals surface area contributed by atoms with Gasteiger partial charge in [0, 0.05) is 41.3 Å². The maximum absolute atomic E-state index is 6.19. The van der Waals surface area contributed by atoms with E-state index >= 15 is 0 Å². The second kappa shape index (κ2) is 8.80. The summed E-state index contributed by atoms with van der Waals surface area (Å²) in [6.07, 6.45) is 0. The van der Waals surface area contributed by atoms with Crippen molar-refractivity contribution in [3.8, 4) is 5.69 Å². The van der Waals surface area contributed by atoms with Crippen LogP contribution in [0.4, 0.5) is 28.4 Å². The van der Waals surface area contributed by atoms with Gasteiger partial charge in [-0.3, -0.25) is 0 Å². The van der Waals surface area contributed by atoms with Gasteiger partial charge in [-0.05, 0) is 42.5 Å². The number of hydrogen-bond donors (Lipinski definition) is 3. The van der Waals surface area contributed by atoms with Crippen LogP contribution in [0.1, 0.15) is 0 Å². The number of anilines is 5. The maximum Gasteiger partial charge on any atom is 0.239 e. The van der Waals surface area contributed by atoms with Crippen LogP contribution < -0.4 is 20.9 Å². The molecule has 0 atom stereocenters. The molecule has 0 aliphatic heterocycles. The van der Waals surface area contributed by atoms with Gasteiger partial charge in [-0.25, -0.2) is 4.98 Å². The Morgan fingerprint density at radius 2 is 1.09 bits per heavy atom. The number of nitrogens with zero attached hydrogens (tertiary/aromatic N) is 2. The third kappa shape index (κ3) is 4.11. The Hall–Kier alpha value is -4.90. The van der Waals surface area contributed by atoms with Crippen molar-refractivity contribution in [2.75, 3.05) is 16.4 Å². The minimum absolute atomic E-state index is 0.702. The summed E-state index contributed by atoms with van der Waals surface area (Å²) in [4.78, 5) is 5.01. The maximum atomic E-state index is 6.19. The van der Waals surface area contributed by atoms with Crippen molar-refractivity contribution in [1.29, 1.82) is 0 Å². The van der Waals surface area contributed by atoms with Crippen molar-refractivity contribution in [1.82, 2.24) is 4.98 Å². The van der Waals surface area contributed by atoms with Crippen LogP contribution in [0.15, 0.2) is 121 Å². The molecule has 168 valence electrons. The molecule has 0 aliphatic rings. The second-order valence-electron chi connectivity index (χ2n) is 8.40. The molecule has 6 rings (SSSR count). The lowest BCUT2D eigenvalue weighted by Gasteiger charge is -2.15. The van der Waals surface area contributed by atoms with Crippen LogP contribution in [0.25, 0.3) is 27.8 Å². The fraction of sp³-hybridized carbons (Fsp3) is 0.